The van der Waals surface area contributed by atoms with Crippen molar-refractivity contribution in [3.8, 4) is 0 Å². The van der Waals surface area contributed by atoms with Gasteiger partial charge in [-0.05, 0) is 17.7 Å². The third-order valence-electron chi connectivity index (χ3n) is 4.06. The van der Waals surface area contributed by atoms with E-state index in [0.29, 0.717) is 13.1 Å². The number of hydrogen-bond acceptors (Lipinski definition) is 4. The lowest BCUT2D eigenvalue weighted by Gasteiger charge is -2.27. The second kappa shape index (κ2) is 5.26. The van der Waals surface area contributed by atoms with Gasteiger partial charge in [0.05, 0.1) is 18.8 Å². The molecule has 1 fully saturated rings. The number of rotatable bonds is 2. The molecule has 1 N–H and O–H groups in total. The second-order valence-corrected chi connectivity index (χ2v) is 5.50. The highest BCUT2D eigenvalue weighted by atomic mass is 16.2. The molecule has 0 aliphatic carbocycles. The Morgan fingerprint density at radius 2 is 2.09 bits per heavy atom. The highest BCUT2D eigenvalue weighted by molar-refractivity contribution is 6.15. The summed E-state index contributed by atoms with van der Waals surface area (Å²) in [5.41, 5.74) is 4.52. The number of anilines is 1. The van der Waals surface area contributed by atoms with Gasteiger partial charge in [0.25, 0.3) is 0 Å². The average molecular weight is 292 g/mol. The quantitative estimate of drug-likeness (QED) is 0.909. The maximum absolute atomic E-state index is 11.5. The third-order valence-corrected chi connectivity index (χ3v) is 4.06. The molecule has 0 atom stereocenters. The molecular weight excluding hydrogens is 276 g/mol. The van der Waals surface area contributed by atoms with Crippen LogP contribution < -0.4 is 10.2 Å². The van der Waals surface area contributed by atoms with Crippen LogP contribution in [0.15, 0.2) is 47.6 Å². The standard InChI is InChI=1S/C17H16N4O/c22-16-11-21(8-7-19-16)15-9-12(5-6-18-15)17-14-4-2-1-3-13(14)10-20-17/h1-6,9H,7-8,10-11H2,(H,19,22). The van der Waals surface area contributed by atoms with Gasteiger partial charge in [-0.25, -0.2) is 4.98 Å². The van der Waals surface area contributed by atoms with Crippen molar-refractivity contribution in [2.45, 2.75) is 6.54 Å². The summed E-state index contributed by atoms with van der Waals surface area (Å²) in [6, 6.07) is 12.3. The number of nitrogens with one attached hydrogen (secondary N) is 1. The molecule has 1 amide bonds. The SMILES string of the molecule is O=C1CN(c2cc(C3=NCc4ccccc43)ccn2)CCN1. The summed E-state index contributed by atoms with van der Waals surface area (Å²) in [5, 5.41) is 2.83. The number of carbonyl (C=O) groups is 1. The van der Waals surface area contributed by atoms with Crippen molar-refractivity contribution in [1.29, 1.82) is 0 Å². The normalized spacial score (nSPS) is 17.0. The zero-order chi connectivity index (χ0) is 14.9. The topological polar surface area (TPSA) is 57.6 Å². The summed E-state index contributed by atoms with van der Waals surface area (Å²) < 4.78 is 0. The van der Waals surface area contributed by atoms with Gasteiger partial charge in [-0.2, -0.15) is 0 Å². The molecule has 110 valence electrons. The first-order valence-corrected chi connectivity index (χ1v) is 7.42. The van der Waals surface area contributed by atoms with Crippen LogP contribution in [-0.4, -0.2) is 36.2 Å². The summed E-state index contributed by atoms with van der Waals surface area (Å²) in [7, 11) is 0. The minimum absolute atomic E-state index is 0.0435. The number of aromatic nitrogens is 1. The molecule has 5 nitrogen and oxygen atoms in total. The van der Waals surface area contributed by atoms with Crippen molar-refractivity contribution in [2.24, 2.45) is 4.99 Å². The number of carbonyl (C=O) groups excluding carboxylic acids is 1. The molecule has 3 heterocycles. The first-order chi connectivity index (χ1) is 10.8. The third kappa shape index (κ3) is 2.24. The van der Waals surface area contributed by atoms with Gasteiger partial charge in [0.15, 0.2) is 0 Å². The molecule has 5 heteroatoms. The fourth-order valence-electron chi connectivity index (χ4n) is 2.96. The van der Waals surface area contributed by atoms with E-state index in [4.69, 9.17) is 0 Å². The predicted molar refractivity (Wildman–Crippen MR) is 85.2 cm³/mol. The number of aliphatic imine (C=N–C) groups is 1. The van der Waals surface area contributed by atoms with Crippen molar-refractivity contribution in [3.63, 3.8) is 0 Å². The number of amides is 1. The molecule has 0 bridgehead atoms. The van der Waals surface area contributed by atoms with Gasteiger partial charge in [-0.3, -0.25) is 9.79 Å². The Morgan fingerprint density at radius 3 is 3.00 bits per heavy atom. The molecule has 2 aliphatic heterocycles. The largest absolute Gasteiger partial charge is 0.353 e. The molecule has 0 unspecified atom stereocenters. The maximum Gasteiger partial charge on any atom is 0.239 e. The van der Waals surface area contributed by atoms with Crippen LogP contribution in [-0.2, 0) is 11.3 Å². The van der Waals surface area contributed by atoms with Crippen LogP contribution in [0.5, 0.6) is 0 Å². The second-order valence-electron chi connectivity index (χ2n) is 5.50. The molecule has 0 saturated carbocycles. The van der Waals surface area contributed by atoms with Gasteiger partial charge >= 0.3 is 0 Å². The molecule has 1 saturated heterocycles. The smallest absolute Gasteiger partial charge is 0.239 e. The monoisotopic (exact) mass is 292 g/mol. The Balaban J connectivity index is 1.67. The van der Waals surface area contributed by atoms with E-state index >= 15 is 0 Å². The Kier molecular flexibility index (Phi) is 3.11. The van der Waals surface area contributed by atoms with Gasteiger partial charge < -0.3 is 10.2 Å². The van der Waals surface area contributed by atoms with Gasteiger partial charge in [-0.15, -0.1) is 0 Å². The highest BCUT2D eigenvalue weighted by Crippen LogP contribution is 2.24. The number of hydrogen-bond donors (Lipinski definition) is 1. The van der Waals surface area contributed by atoms with Crippen LogP contribution in [0.1, 0.15) is 16.7 Å². The van der Waals surface area contributed by atoms with E-state index in [1.54, 1.807) is 6.20 Å². The Labute approximate surface area is 128 Å². The van der Waals surface area contributed by atoms with Crippen LogP contribution in [0.25, 0.3) is 0 Å². The number of pyridine rings is 1. The van der Waals surface area contributed by atoms with Crippen LogP contribution in [0.2, 0.25) is 0 Å². The van der Waals surface area contributed by atoms with E-state index in [0.717, 1.165) is 30.2 Å². The van der Waals surface area contributed by atoms with Crippen LogP contribution in [0.4, 0.5) is 5.82 Å². The van der Waals surface area contributed by atoms with Gasteiger partial charge in [0, 0.05) is 30.4 Å². The summed E-state index contributed by atoms with van der Waals surface area (Å²) in [5.74, 6) is 0.876. The number of nitrogens with zero attached hydrogens (tertiary/aromatic N) is 3. The lowest BCUT2D eigenvalue weighted by atomic mass is 10.0. The molecule has 4 rings (SSSR count). The van der Waals surface area contributed by atoms with Gasteiger partial charge in [-0.1, -0.05) is 24.3 Å². The number of piperazine rings is 1. The van der Waals surface area contributed by atoms with E-state index in [1.165, 1.54) is 11.1 Å². The van der Waals surface area contributed by atoms with Crippen LogP contribution in [0, 0.1) is 0 Å². The predicted octanol–water partition coefficient (Wildman–Crippen LogP) is 1.37. The van der Waals surface area contributed by atoms with Crippen molar-refractivity contribution in [1.82, 2.24) is 10.3 Å². The molecule has 22 heavy (non-hydrogen) atoms. The maximum atomic E-state index is 11.5. The highest BCUT2D eigenvalue weighted by Gasteiger charge is 2.20. The summed E-state index contributed by atoms with van der Waals surface area (Å²) in [6.45, 7) is 2.54. The lowest BCUT2D eigenvalue weighted by molar-refractivity contribution is -0.120. The molecule has 1 aromatic carbocycles. The van der Waals surface area contributed by atoms with Crippen molar-refractivity contribution >= 4 is 17.4 Å². The summed E-state index contributed by atoms with van der Waals surface area (Å²) >= 11 is 0. The minimum Gasteiger partial charge on any atom is -0.353 e. The molecule has 0 spiro atoms. The van der Waals surface area contributed by atoms with E-state index in [1.807, 2.05) is 29.2 Å². The van der Waals surface area contributed by atoms with Gasteiger partial charge in [0.2, 0.25) is 5.91 Å². The van der Waals surface area contributed by atoms with Crippen LogP contribution in [0.3, 0.4) is 0 Å². The summed E-state index contributed by atoms with van der Waals surface area (Å²) in [4.78, 5) is 22.6. The Hall–Kier alpha value is -2.69. The fourth-order valence-corrected chi connectivity index (χ4v) is 2.96. The van der Waals surface area contributed by atoms with E-state index < -0.39 is 0 Å². The first kappa shape index (κ1) is 13.0. The van der Waals surface area contributed by atoms with E-state index in [9.17, 15) is 4.79 Å². The minimum atomic E-state index is 0.0435. The Morgan fingerprint density at radius 1 is 1.18 bits per heavy atom. The summed E-state index contributed by atoms with van der Waals surface area (Å²) in [6.07, 6.45) is 1.79. The van der Waals surface area contributed by atoms with Crippen molar-refractivity contribution < 1.29 is 4.79 Å². The van der Waals surface area contributed by atoms with Crippen molar-refractivity contribution in [2.75, 3.05) is 24.5 Å². The first-order valence-electron chi connectivity index (χ1n) is 7.42. The molecule has 0 radical (unpaired) electrons. The zero-order valence-electron chi connectivity index (χ0n) is 12.1. The van der Waals surface area contributed by atoms with Crippen LogP contribution >= 0.6 is 0 Å². The average Bonchev–Trinajstić information content (AvgIpc) is 2.99. The molecular formula is C17H16N4O. The molecule has 2 aliphatic rings. The number of benzene rings is 1. The lowest BCUT2D eigenvalue weighted by Crippen LogP contribution is -2.48. The molecule has 1 aromatic heterocycles. The fraction of sp³-hybridized carbons (Fsp3) is 0.235. The number of fused-ring (bicyclic) bond motifs is 1. The van der Waals surface area contributed by atoms with Crippen molar-refractivity contribution in [3.05, 3.63) is 59.3 Å². The van der Waals surface area contributed by atoms with E-state index in [2.05, 4.69) is 27.4 Å². The zero-order valence-corrected chi connectivity index (χ0v) is 12.1. The van der Waals surface area contributed by atoms with E-state index in [-0.39, 0.29) is 5.91 Å². The van der Waals surface area contributed by atoms with Gasteiger partial charge in [0.1, 0.15) is 5.82 Å². The Bertz CT molecular complexity index is 769. The molecule has 2 aromatic rings.